The van der Waals surface area contributed by atoms with Crippen LogP contribution in [0.1, 0.15) is 19.8 Å². The minimum absolute atomic E-state index is 0.358. The number of anilines is 1. The first kappa shape index (κ1) is 25.9. The number of hydrogen-bond acceptors (Lipinski definition) is 6. The van der Waals surface area contributed by atoms with Gasteiger partial charge in [-0.2, -0.15) is 0 Å². The Bertz CT molecular complexity index is 1400. The van der Waals surface area contributed by atoms with Crippen molar-refractivity contribution in [2.24, 2.45) is 0 Å². The van der Waals surface area contributed by atoms with Crippen molar-refractivity contribution >= 4 is 28.3 Å². The summed E-state index contributed by atoms with van der Waals surface area (Å²) in [6.07, 6.45) is 10.9. The van der Waals surface area contributed by atoms with Crippen LogP contribution in [0.15, 0.2) is 94.5 Å². The van der Waals surface area contributed by atoms with E-state index in [4.69, 9.17) is 14.8 Å². The van der Waals surface area contributed by atoms with Crippen LogP contribution in [0.5, 0.6) is 5.75 Å². The van der Waals surface area contributed by atoms with E-state index in [0.29, 0.717) is 35.8 Å². The Kier molecular flexibility index (Phi) is 8.18. The Morgan fingerprint density at radius 1 is 1.32 bits per heavy atom. The molecule has 1 unspecified atom stereocenters. The van der Waals surface area contributed by atoms with Gasteiger partial charge in [-0.3, -0.25) is 9.59 Å². The topological polar surface area (TPSA) is 91.8 Å². The molecule has 190 valence electrons. The lowest BCUT2D eigenvalue weighted by Gasteiger charge is -2.26. The molecule has 0 saturated carbocycles. The summed E-state index contributed by atoms with van der Waals surface area (Å²) in [5, 5.41) is 14.0. The number of rotatable bonds is 9. The molecule has 7 nitrogen and oxygen atoms in total. The van der Waals surface area contributed by atoms with Gasteiger partial charge in [-0.25, -0.2) is 9.37 Å². The molecule has 0 fully saturated rings. The van der Waals surface area contributed by atoms with E-state index in [1.165, 1.54) is 24.3 Å². The van der Waals surface area contributed by atoms with Gasteiger partial charge < -0.3 is 20.1 Å². The lowest BCUT2D eigenvalue weighted by atomic mass is 9.97. The number of amides is 1. The number of carboxylic acids is 1. The Hall–Kier alpha value is -4.20. The van der Waals surface area contributed by atoms with Crippen molar-refractivity contribution in [2.45, 2.75) is 25.8 Å². The number of halogens is 1. The van der Waals surface area contributed by atoms with E-state index in [-0.39, 0.29) is 0 Å². The van der Waals surface area contributed by atoms with Crippen LogP contribution in [-0.4, -0.2) is 41.7 Å². The third-order valence-corrected chi connectivity index (χ3v) is 6.75. The Morgan fingerprint density at radius 2 is 2.16 bits per heavy atom. The summed E-state index contributed by atoms with van der Waals surface area (Å²) in [6.45, 7) is 1.78. The second-order valence-corrected chi connectivity index (χ2v) is 9.29. The smallest absolute Gasteiger partial charge is 0.325 e. The zero-order valence-corrected chi connectivity index (χ0v) is 21.2. The number of carbonyl (C=O) groups excluding carboxylic acids is 1. The normalized spacial score (nSPS) is 15.5. The number of ether oxygens (including phenoxy) is 1. The van der Waals surface area contributed by atoms with Gasteiger partial charge in [-0.1, -0.05) is 35.9 Å². The van der Waals surface area contributed by atoms with E-state index >= 15 is 4.39 Å². The van der Waals surface area contributed by atoms with Crippen molar-refractivity contribution in [1.29, 1.82) is 0 Å². The van der Waals surface area contributed by atoms with E-state index in [9.17, 15) is 9.59 Å². The minimum atomic E-state index is -1.09. The molecule has 0 spiro atoms. The van der Waals surface area contributed by atoms with Crippen LogP contribution in [0.2, 0.25) is 0 Å². The molecule has 1 atom stereocenters. The predicted octanol–water partition coefficient (Wildman–Crippen LogP) is 5.32. The number of carbonyl (C=O) groups is 2. The van der Waals surface area contributed by atoms with Gasteiger partial charge in [0.2, 0.25) is 5.91 Å². The highest BCUT2D eigenvalue weighted by atomic mass is 32.1. The maximum Gasteiger partial charge on any atom is 0.325 e. The zero-order valence-electron chi connectivity index (χ0n) is 20.4. The molecule has 1 aromatic heterocycles. The second kappa shape index (κ2) is 11.7. The molecule has 4 rings (SSSR count). The minimum Gasteiger partial charge on any atom is -0.497 e. The number of nitrogens with one attached hydrogen (secondary N) is 1. The Labute approximate surface area is 218 Å². The van der Waals surface area contributed by atoms with Crippen molar-refractivity contribution in [1.82, 2.24) is 10.3 Å². The van der Waals surface area contributed by atoms with Gasteiger partial charge >= 0.3 is 5.97 Å². The number of thiazole rings is 1. The summed E-state index contributed by atoms with van der Waals surface area (Å²) in [6, 6.07) is 6.61. The summed E-state index contributed by atoms with van der Waals surface area (Å²) in [5.74, 6) is -1.21. The molecule has 2 N–H and O–H groups in total. The molecule has 2 aliphatic rings. The van der Waals surface area contributed by atoms with Gasteiger partial charge in [0, 0.05) is 29.1 Å². The Morgan fingerprint density at radius 3 is 2.89 bits per heavy atom. The van der Waals surface area contributed by atoms with Gasteiger partial charge in [-0.15, -0.1) is 17.1 Å². The average molecular weight is 520 g/mol. The fourth-order valence-electron chi connectivity index (χ4n) is 3.80. The molecule has 37 heavy (non-hydrogen) atoms. The molecule has 1 amide bonds. The maximum absolute atomic E-state index is 15.1. The van der Waals surface area contributed by atoms with E-state index < -0.39 is 23.7 Å². The number of carboxylic acid groups (broad SMARTS) is 1. The molecule has 2 aromatic rings. The SMILES string of the molecule is COc1cccc(-c2csc(N(CC3=CC=C(C(=O)NC(C)C(=O)O)CC3)C3=C(F)C=C=CC=C3)n2)c1. The lowest BCUT2D eigenvalue weighted by molar-refractivity contribution is -0.140. The summed E-state index contributed by atoms with van der Waals surface area (Å²) < 4.78 is 20.4. The molecule has 9 heteroatoms. The number of allylic oxidation sites excluding steroid dienone is 6. The van der Waals surface area contributed by atoms with Crippen molar-refractivity contribution < 1.29 is 23.8 Å². The molecular formula is C28H26FN3O4S. The highest BCUT2D eigenvalue weighted by Crippen LogP contribution is 2.34. The largest absolute Gasteiger partial charge is 0.497 e. The summed E-state index contributed by atoms with van der Waals surface area (Å²) >= 11 is 1.40. The molecule has 2 aliphatic carbocycles. The van der Waals surface area contributed by atoms with Gasteiger partial charge in [0.1, 0.15) is 11.8 Å². The quantitative estimate of drug-likeness (QED) is 0.436. The van der Waals surface area contributed by atoms with Crippen molar-refractivity contribution in [2.75, 3.05) is 18.6 Å². The van der Waals surface area contributed by atoms with E-state index in [1.807, 2.05) is 40.6 Å². The zero-order chi connectivity index (χ0) is 26.4. The van der Waals surface area contributed by atoms with Crippen molar-refractivity contribution in [3.8, 4) is 17.0 Å². The van der Waals surface area contributed by atoms with Gasteiger partial charge in [0.25, 0.3) is 0 Å². The lowest BCUT2D eigenvalue weighted by Crippen LogP contribution is -2.39. The highest BCUT2D eigenvalue weighted by Gasteiger charge is 2.23. The Balaban J connectivity index is 1.62. The second-order valence-electron chi connectivity index (χ2n) is 8.45. The van der Waals surface area contributed by atoms with Crippen LogP contribution in [0, 0.1) is 0 Å². The highest BCUT2D eigenvalue weighted by molar-refractivity contribution is 7.14. The average Bonchev–Trinajstić information content (AvgIpc) is 3.30. The first-order valence-corrected chi connectivity index (χ1v) is 12.5. The van der Waals surface area contributed by atoms with Crippen LogP contribution in [0.25, 0.3) is 11.3 Å². The van der Waals surface area contributed by atoms with Crippen LogP contribution in [0.3, 0.4) is 0 Å². The first-order chi connectivity index (χ1) is 17.9. The van der Waals surface area contributed by atoms with Crippen LogP contribution < -0.4 is 15.0 Å². The van der Waals surface area contributed by atoms with Crippen LogP contribution >= 0.6 is 11.3 Å². The maximum atomic E-state index is 15.1. The van der Waals surface area contributed by atoms with E-state index in [1.54, 1.807) is 31.4 Å². The number of nitrogens with zero attached hydrogens (tertiary/aromatic N) is 2. The standard InChI is InChI=1S/C28H26FN3O4S/c1-18(27(34)35)30-26(33)20-13-11-19(12-14-20)16-32(25-10-5-3-4-9-23(25)29)28-31-24(17-37-28)21-7-6-8-22(15-21)36-2/h3,5-11,13,15,17-18H,12,14,16H2,1-2H3,(H,30,33)(H,34,35). The molecule has 0 radical (unpaired) electrons. The van der Waals surface area contributed by atoms with Gasteiger partial charge in [0.05, 0.1) is 18.5 Å². The van der Waals surface area contributed by atoms with Crippen LogP contribution in [-0.2, 0) is 9.59 Å². The molecule has 0 saturated heterocycles. The van der Waals surface area contributed by atoms with Crippen LogP contribution in [0.4, 0.5) is 9.52 Å². The van der Waals surface area contributed by atoms with E-state index in [0.717, 1.165) is 22.6 Å². The third kappa shape index (κ3) is 6.33. The first-order valence-electron chi connectivity index (χ1n) is 11.6. The van der Waals surface area contributed by atoms with Gasteiger partial charge in [-0.05, 0) is 44.1 Å². The van der Waals surface area contributed by atoms with Gasteiger partial charge in [0.15, 0.2) is 11.0 Å². The number of hydrogen-bond donors (Lipinski definition) is 2. The van der Waals surface area contributed by atoms with Crippen molar-refractivity contribution in [3.05, 3.63) is 94.5 Å². The number of benzene rings is 1. The molecule has 0 aliphatic heterocycles. The third-order valence-electron chi connectivity index (χ3n) is 5.89. The molecular weight excluding hydrogens is 493 g/mol. The summed E-state index contributed by atoms with van der Waals surface area (Å²) in [4.78, 5) is 30.0. The molecule has 1 heterocycles. The van der Waals surface area contributed by atoms with Crippen molar-refractivity contribution in [3.63, 3.8) is 0 Å². The van der Waals surface area contributed by atoms with E-state index in [2.05, 4.69) is 11.0 Å². The number of aromatic nitrogens is 1. The summed E-state index contributed by atoms with van der Waals surface area (Å²) in [7, 11) is 1.61. The number of methoxy groups -OCH3 is 1. The summed E-state index contributed by atoms with van der Waals surface area (Å²) in [5.41, 5.74) is 6.27. The predicted molar refractivity (Wildman–Crippen MR) is 142 cm³/mol. The number of aliphatic carboxylic acids is 1. The molecule has 0 bridgehead atoms. The monoisotopic (exact) mass is 519 g/mol. The fourth-order valence-corrected chi connectivity index (χ4v) is 4.65. The fraction of sp³-hybridized carbons (Fsp3) is 0.214. The molecule has 1 aromatic carbocycles.